The average molecular weight is 312 g/mol. The fourth-order valence-corrected chi connectivity index (χ4v) is 3.88. The molecule has 7 heteroatoms. The van der Waals surface area contributed by atoms with Crippen molar-refractivity contribution in [2.45, 2.75) is 25.7 Å². The summed E-state index contributed by atoms with van der Waals surface area (Å²) in [5.41, 5.74) is 0.516. The molecule has 0 aliphatic carbocycles. The lowest BCUT2D eigenvalue weighted by molar-refractivity contribution is -0.116. The van der Waals surface area contributed by atoms with Crippen molar-refractivity contribution in [3.05, 3.63) is 18.2 Å². The molecule has 1 aromatic rings. The van der Waals surface area contributed by atoms with Crippen molar-refractivity contribution in [3.63, 3.8) is 0 Å². The van der Waals surface area contributed by atoms with Crippen LogP contribution in [0.15, 0.2) is 23.1 Å². The van der Waals surface area contributed by atoms with Crippen LogP contribution in [0.25, 0.3) is 0 Å². The monoisotopic (exact) mass is 312 g/mol. The maximum atomic E-state index is 12.5. The van der Waals surface area contributed by atoms with Crippen LogP contribution in [-0.4, -0.2) is 44.9 Å². The van der Waals surface area contributed by atoms with Crippen molar-refractivity contribution in [2.75, 3.05) is 31.1 Å². The molecule has 0 radical (unpaired) electrons. The molecule has 116 valence electrons. The molecule has 1 amide bonds. The molecule has 0 saturated carbocycles. The number of anilines is 1. The number of carbonyl (C=O) groups excluding carboxylic acids is 1. The number of benzene rings is 1. The first-order valence-corrected chi connectivity index (χ1v) is 8.41. The summed E-state index contributed by atoms with van der Waals surface area (Å²) in [4.78, 5) is 13.4. The van der Waals surface area contributed by atoms with Crippen LogP contribution < -0.4 is 9.64 Å². The number of hydrogen-bond donors (Lipinski definition) is 0. The first-order valence-electron chi connectivity index (χ1n) is 6.97. The second kappa shape index (κ2) is 6.03. The summed E-state index contributed by atoms with van der Waals surface area (Å²) in [5, 5.41) is 0. The molecule has 6 nitrogen and oxygen atoms in total. The predicted molar refractivity (Wildman–Crippen MR) is 80.1 cm³/mol. The summed E-state index contributed by atoms with van der Waals surface area (Å²) in [6.07, 6.45) is 0. The highest BCUT2D eigenvalue weighted by Gasteiger charge is 2.27. The molecule has 0 unspecified atom stereocenters. The third kappa shape index (κ3) is 2.89. The molecule has 0 N–H and O–H groups in total. The molecule has 1 heterocycles. The summed E-state index contributed by atoms with van der Waals surface area (Å²) < 4.78 is 31.9. The van der Waals surface area contributed by atoms with Crippen molar-refractivity contribution in [2.24, 2.45) is 0 Å². The van der Waals surface area contributed by atoms with Crippen molar-refractivity contribution < 1.29 is 17.9 Å². The molecule has 0 fully saturated rings. The fraction of sp³-hybridized carbons (Fsp3) is 0.500. The number of carbonyl (C=O) groups is 1. The van der Waals surface area contributed by atoms with E-state index in [-0.39, 0.29) is 10.8 Å². The molecule has 1 aliphatic heterocycles. The van der Waals surface area contributed by atoms with Gasteiger partial charge in [0.25, 0.3) is 0 Å². The van der Waals surface area contributed by atoms with Crippen molar-refractivity contribution in [1.82, 2.24) is 4.31 Å². The van der Waals surface area contributed by atoms with E-state index in [0.29, 0.717) is 37.7 Å². The van der Waals surface area contributed by atoms with E-state index in [1.165, 1.54) is 23.4 Å². The molecular formula is C14H20N2O4S. The second-order valence-electron chi connectivity index (χ2n) is 4.74. The van der Waals surface area contributed by atoms with Gasteiger partial charge in [-0.3, -0.25) is 4.79 Å². The number of rotatable bonds is 4. The highest BCUT2D eigenvalue weighted by Crippen LogP contribution is 2.34. The van der Waals surface area contributed by atoms with E-state index in [9.17, 15) is 13.2 Å². The highest BCUT2D eigenvalue weighted by atomic mass is 32.2. The molecule has 0 saturated heterocycles. The van der Waals surface area contributed by atoms with Gasteiger partial charge >= 0.3 is 0 Å². The van der Waals surface area contributed by atoms with Crippen LogP contribution in [-0.2, 0) is 14.8 Å². The SMILES string of the molecule is CCN(CC)S(=O)(=O)c1ccc2c(c1)N(C(C)=O)CCO2. The lowest BCUT2D eigenvalue weighted by Crippen LogP contribution is -2.37. The van der Waals surface area contributed by atoms with Gasteiger partial charge < -0.3 is 9.64 Å². The summed E-state index contributed by atoms with van der Waals surface area (Å²) in [6.45, 7) is 6.70. The molecule has 2 rings (SSSR count). The minimum absolute atomic E-state index is 0.128. The van der Waals surface area contributed by atoms with Crippen LogP contribution in [0, 0.1) is 0 Å². The van der Waals surface area contributed by atoms with Crippen LogP contribution in [0.1, 0.15) is 20.8 Å². The molecule has 1 aliphatic rings. The average Bonchev–Trinajstić information content (AvgIpc) is 2.46. The fourth-order valence-electron chi connectivity index (χ4n) is 2.40. The third-order valence-electron chi connectivity index (χ3n) is 3.52. The van der Waals surface area contributed by atoms with Crippen LogP contribution in [0.5, 0.6) is 5.75 Å². The van der Waals surface area contributed by atoms with E-state index in [1.54, 1.807) is 24.8 Å². The first-order chi connectivity index (χ1) is 9.91. The summed E-state index contributed by atoms with van der Waals surface area (Å²) >= 11 is 0. The largest absolute Gasteiger partial charge is 0.490 e. The minimum atomic E-state index is -3.54. The quantitative estimate of drug-likeness (QED) is 0.844. The number of nitrogens with zero attached hydrogens (tertiary/aromatic N) is 2. The predicted octanol–water partition coefficient (Wildman–Crippen LogP) is 1.46. The number of fused-ring (bicyclic) bond motifs is 1. The first kappa shape index (κ1) is 15.8. The van der Waals surface area contributed by atoms with Crippen molar-refractivity contribution in [3.8, 4) is 5.75 Å². The molecule has 0 atom stereocenters. The van der Waals surface area contributed by atoms with E-state index >= 15 is 0 Å². The highest BCUT2D eigenvalue weighted by molar-refractivity contribution is 7.89. The Kier molecular flexibility index (Phi) is 4.53. The topological polar surface area (TPSA) is 66.9 Å². The van der Waals surface area contributed by atoms with Gasteiger partial charge in [0, 0.05) is 20.0 Å². The van der Waals surface area contributed by atoms with E-state index in [2.05, 4.69) is 0 Å². The Labute approximate surface area is 125 Å². The molecular weight excluding hydrogens is 292 g/mol. The van der Waals surface area contributed by atoms with Gasteiger partial charge in [-0.15, -0.1) is 0 Å². The smallest absolute Gasteiger partial charge is 0.243 e. The number of ether oxygens (including phenoxy) is 1. The van der Waals surface area contributed by atoms with Gasteiger partial charge in [-0.05, 0) is 18.2 Å². The zero-order chi connectivity index (χ0) is 15.6. The molecule has 0 bridgehead atoms. The Balaban J connectivity index is 2.49. The van der Waals surface area contributed by atoms with Crippen molar-refractivity contribution >= 4 is 21.6 Å². The van der Waals surface area contributed by atoms with Gasteiger partial charge in [0.2, 0.25) is 15.9 Å². The maximum Gasteiger partial charge on any atom is 0.243 e. The number of amides is 1. The van der Waals surface area contributed by atoms with E-state index in [4.69, 9.17) is 4.74 Å². The van der Waals surface area contributed by atoms with Gasteiger partial charge in [-0.2, -0.15) is 4.31 Å². The minimum Gasteiger partial charge on any atom is -0.490 e. The van der Waals surface area contributed by atoms with E-state index in [0.717, 1.165) is 0 Å². The normalized spacial score (nSPS) is 14.8. The Bertz CT molecular complexity index is 638. The van der Waals surface area contributed by atoms with Crippen LogP contribution in [0.4, 0.5) is 5.69 Å². The van der Waals surface area contributed by atoms with Gasteiger partial charge in [0.15, 0.2) is 0 Å². The van der Waals surface area contributed by atoms with Gasteiger partial charge in [-0.25, -0.2) is 8.42 Å². The Morgan fingerprint density at radius 3 is 2.57 bits per heavy atom. The van der Waals surface area contributed by atoms with Crippen LogP contribution in [0.3, 0.4) is 0 Å². The second-order valence-corrected chi connectivity index (χ2v) is 6.68. The van der Waals surface area contributed by atoms with E-state index in [1.807, 2.05) is 0 Å². The lowest BCUT2D eigenvalue weighted by atomic mass is 10.2. The van der Waals surface area contributed by atoms with E-state index < -0.39 is 10.0 Å². The van der Waals surface area contributed by atoms with Gasteiger partial charge in [0.05, 0.1) is 17.1 Å². The summed E-state index contributed by atoms with van der Waals surface area (Å²) in [5.74, 6) is 0.409. The van der Waals surface area contributed by atoms with Crippen LogP contribution >= 0.6 is 0 Å². The van der Waals surface area contributed by atoms with Crippen molar-refractivity contribution in [1.29, 1.82) is 0 Å². The lowest BCUT2D eigenvalue weighted by Gasteiger charge is -2.29. The molecule has 21 heavy (non-hydrogen) atoms. The zero-order valence-electron chi connectivity index (χ0n) is 12.5. The Morgan fingerprint density at radius 2 is 2.00 bits per heavy atom. The number of hydrogen-bond acceptors (Lipinski definition) is 4. The summed E-state index contributed by atoms with van der Waals surface area (Å²) in [6, 6.07) is 4.65. The molecule has 0 aromatic heterocycles. The third-order valence-corrected chi connectivity index (χ3v) is 5.56. The standard InChI is InChI=1S/C14H20N2O4S/c1-4-15(5-2)21(18,19)12-6-7-14-13(10-12)16(11(3)17)8-9-20-14/h6-7,10H,4-5,8-9H2,1-3H3. The van der Waals surface area contributed by atoms with Gasteiger partial charge in [-0.1, -0.05) is 13.8 Å². The number of sulfonamides is 1. The zero-order valence-corrected chi connectivity index (χ0v) is 13.3. The molecule has 0 spiro atoms. The Hall–Kier alpha value is -1.60. The Morgan fingerprint density at radius 1 is 1.33 bits per heavy atom. The van der Waals surface area contributed by atoms with Gasteiger partial charge in [0.1, 0.15) is 12.4 Å². The maximum absolute atomic E-state index is 12.5. The molecule has 1 aromatic carbocycles. The summed E-state index contributed by atoms with van der Waals surface area (Å²) in [7, 11) is -3.54. The van der Waals surface area contributed by atoms with Crippen LogP contribution in [0.2, 0.25) is 0 Å².